The van der Waals surface area contributed by atoms with Crippen molar-refractivity contribution in [2.75, 3.05) is 10.4 Å². The largest absolute Gasteiger partial charge is 0.350 e. The minimum Gasteiger partial charge on any atom is -0.350 e. The van der Waals surface area contributed by atoms with E-state index in [9.17, 15) is 14.9 Å². The maximum Gasteiger partial charge on any atom is 0.338 e. The summed E-state index contributed by atoms with van der Waals surface area (Å²) in [6, 6.07) is 9.15. The van der Waals surface area contributed by atoms with Crippen molar-refractivity contribution < 1.29 is 9.72 Å². The molecule has 0 aliphatic heterocycles. The summed E-state index contributed by atoms with van der Waals surface area (Å²) in [5.41, 5.74) is 10.7. The van der Waals surface area contributed by atoms with E-state index in [1.807, 2.05) is 32.0 Å². The van der Waals surface area contributed by atoms with Gasteiger partial charge in [-0.2, -0.15) is 0 Å². The molecule has 0 atom stereocenters. The van der Waals surface area contributed by atoms with Crippen LogP contribution in [0.3, 0.4) is 0 Å². The molecule has 0 aromatic heterocycles. The first-order valence-corrected chi connectivity index (χ1v) is 7.61. The van der Waals surface area contributed by atoms with Crippen LogP contribution in [0, 0.1) is 17.0 Å². The van der Waals surface area contributed by atoms with Crippen molar-refractivity contribution in [1.29, 1.82) is 0 Å². The molecule has 0 aliphatic carbocycles. The van der Waals surface area contributed by atoms with Crippen LogP contribution in [0.5, 0.6) is 0 Å². The zero-order valence-corrected chi connectivity index (χ0v) is 14.0. The summed E-state index contributed by atoms with van der Waals surface area (Å²) >= 11 is 6.20. The van der Waals surface area contributed by atoms with E-state index in [4.69, 9.17) is 17.3 Å². The number of nitrogens with zero attached hydrogens (tertiary/aromatic N) is 2. The highest BCUT2D eigenvalue weighted by atomic mass is 35.5. The summed E-state index contributed by atoms with van der Waals surface area (Å²) in [6.07, 6.45) is 0.440. The predicted molar refractivity (Wildman–Crippen MR) is 94.3 cm³/mol. The minimum absolute atomic E-state index is 0.0694. The average Bonchev–Trinajstić information content (AvgIpc) is 2.52. The molecule has 0 radical (unpaired) electrons. The van der Waals surface area contributed by atoms with Gasteiger partial charge in [0.15, 0.2) is 0 Å². The van der Waals surface area contributed by atoms with Gasteiger partial charge in [-0.25, -0.2) is 9.80 Å². The number of nitro groups is 1. The molecule has 8 heteroatoms. The van der Waals surface area contributed by atoms with Gasteiger partial charge >= 0.3 is 6.03 Å². The maximum atomic E-state index is 11.9. The van der Waals surface area contributed by atoms with Crippen LogP contribution in [0.1, 0.15) is 18.1 Å². The lowest BCUT2D eigenvalue weighted by Gasteiger charge is -2.25. The molecule has 0 unspecified atom stereocenters. The standard InChI is InChI=1S/C16H17ClN4O3/c1-3-11-8-13(21(23)24)9-14(17)15(11)20(16(18)22)19-12-6-4-5-10(2)7-12/h4-9,19H,3H2,1-2H3,(H2,18,22). The van der Waals surface area contributed by atoms with Gasteiger partial charge in [0, 0.05) is 12.1 Å². The lowest BCUT2D eigenvalue weighted by molar-refractivity contribution is -0.384. The van der Waals surface area contributed by atoms with Gasteiger partial charge in [-0.15, -0.1) is 0 Å². The maximum absolute atomic E-state index is 11.9. The van der Waals surface area contributed by atoms with Crippen LogP contribution < -0.4 is 16.2 Å². The first kappa shape index (κ1) is 17.6. The van der Waals surface area contributed by atoms with E-state index < -0.39 is 11.0 Å². The first-order valence-electron chi connectivity index (χ1n) is 7.23. The highest BCUT2D eigenvalue weighted by molar-refractivity contribution is 6.34. The Hall–Kier alpha value is -2.80. The number of carbonyl (C=O) groups is 1. The number of rotatable bonds is 5. The van der Waals surface area contributed by atoms with Crippen molar-refractivity contribution in [3.8, 4) is 0 Å². The van der Waals surface area contributed by atoms with Crippen LogP contribution in [0.2, 0.25) is 5.02 Å². The quantitative estimate of drug-likeness (QED) is 0.629. The molecule has 7 nitrogen and oxygen atoms in total. The lowest BCUT2D eigenvalue weighted by Crippen LogP contribution is -2.41. The molecule has 0 bridgehead atoms. The molecular weight excluding hydrogens is 332 g/mol. The molecule has 0 spiro atoms. The van der Waals surface area contributed by atoms with Crippen molar-refractivity contribution in [2.45, 2.75) is 20.3 Å². The predicted octanol–water partition coefficient (Wildman–Crippen LogP) is 4.03. The topological polar surface area (TPSA) is 102 Å². The highest BCUT2D eigenvalue weighted by Crippen LogP contribution is 2.35. The van der Waals surface area contributed by atoms with Crippen LogP contribution in [0.15, 0.2) is 36.4 Å². The average molecular weight is 349 g/mol. The summed E-state index contributed by atoms with van der Waals surface area (Å²) in [6.45, 7) is 3.72. The van der Waals surface area contributed by atoms with E-state index in [2.05, 4.69) is 5.43 Å². The fraction of sp³-hybridized carbons (Fsp3) is 0.188. The zero-order valence-electron chi connectivity index (χ0n) is 13.2. The van der Waals surface area contributed by atoms with Crippen molar-refractivity contribution >= 4 is 34.7 Å². The van der Waals surface area contributed by atoms with Crippen LogP contribution in [-0.4, -0.2) is 11.0 Å². The van der Waals surface area contributed by atoms with Crippen LogP contribution >= 0.6 is 11.6 Å². The molecule has 126 valence electrons. The van der Waals surface area contributed by atoms with Crippen molar-refractivity contribution in [1.82, 2.24) is 0 Å². The SMILES string of the molecule is CCc1cc([N+](=O)[O-])cc(Cl)c1N(Nc1cccc(C)c1)C(N)=O. The number of amides is 2. The van der Waals surface area contributed by atoms with Gasteiger partial charge in [0.1, 0.15) is 0 Å². The number of anilines is 2. The van der Waals surface area contributed by atoms with Gasteiger partial charge in [0.2, 0.25) is 0 Å². The van der Waals surface area contributed by atoms with Crippen molar-refractivity contribution in [3.63, 3.8) is 0 Å². The molecule has 24 heavy (non-hydrogen) atoms. The third-order valence-corrected chi connectivity index (χ3v) is 3.71. The van der Waals surface area contributed by atoms with E-state index in [0.29, 0.717) is 23.4 Å². The number of hydrazine groups is 1. The summed E-state index contributed by atoms with van der Waals surface area (Å²) in [7, 11) is 0. The molecule has 2 amide bonds. The van der Waals surface area contributed by atoms with E-state index in [1.54, 1.807) is 6.07 Å². The van der Waals surface area contributed by atoms with E-state index >= 15 is 0 Å². The number of hydrogen-bond donors (Lipinski definition) is 2. The Morgan fingerprint density at radius 2 is 2.08 bits per heavy atom. The van der Waals surface area contributed by atoms with Gasteiger partial charge in [0.25, 0.3) is 5.69 Å². The number of nitrogens with two attached hydrogens (primary N) is 1. The van der Waals surface area contributed by atoms with E-state index in [-0.39, 0.29) is 10.7 Å². The molecule has 2 rings (SSSR count). The fourth-order valence-corrected chi connectivity index (χ4v) is 2.65. The number of nitro benzene ring substituents is 1. The van der Waals surface area contributed by atoms with E-state index in [1.165, 1.54) is 12.1 Å². The Kier molecular flexibility index (Phi) is 5.25. The summed E-state index contributed by atoms with van der Waals surface area (Å²) in [4.78, 5) is 22.4. The number of aryl methyl sites for hydroxylation is 2. The summed E-state index contributed by atoms with van der Waals surface area (Å²) in [5, 5.41) is 12.2. The smallest absolute Gasteiger partial charge is 0.338 e. The van der Waals surface area contributed by atoms with E-state index in [0.717, 1.165) is 10.6 Å². The summed E-state index contributed by atoms with van der Waals surface area (Å²) in [5.74, 6) is 0. The molecule has 2 aromatic rings. The minimum atomic E-state index is -0.776. The van der Waals surface area contributed by atoms with Gasteiger partial charge in [0.05, 0.1) is 21.3 Å². The highest BCUT2D eigenvalue weighted by Gasteiger charge is 2.23. The van der Waals surface area contributed by atoms with Crippen LogP contribution in [0.4, 0.5) is 21.9 Å². The Morgan fingerprint density at radius 3 is 2.62 bits per heavy atom. The number of non-ortho nitro benzene ring substituents is 1. The number of primary amides is 1. The first-order chi connectivity index (χ1) is 11.3. The summed E-state index contributed by atoms with van der Waals surface area (Å²) < 4.78 is 0. The number of carbonyl (C=O) groups excluding carboxylic acids is 1. The van der Waals surface area contributed by atoms with Crippen molar-refractivity contribution in [2.24, 2.45) is 5.73 Å². The second-order valence-electron chi connectivity index (χ2n) is 5.20. The van der Waals surface area contributed by atoms with Gasteiger partial charge in [-0.3, -0.25) is 15.5 Å². The molecular formula is C16H17ClN4O3. The number of benzene rings is 2. The lowest BCUT2D eigenvalue weighted by atomic mass is 10.1. The second-order valence-corrected chi connectivity index (χ2v) is 5.61. The molecule has 0 heterocycles. The number of urea groups is 1. The number of hydrogen-bond acceptors (Lipinski definition) is 4. The Morgan fingerprint density at radius 1 is 1.38 bits per heavy atom. The Bertz CT molecular complexity index is 795. The molecule has 0 fully saturated rings. The zero-order chi connectivity index (χ0) is 17.9. The van der Waals surface area contributed by atoms with Crippen molar-refractivity contribution in [3.05, 3.63) is 62.7 Å². The monoisotopic (exact) mass is 348 g/mol. The molecule has 2 aromatic carbocycles. The normalized spacial score (nSPS) is 10.3. The molecule has 0 saturated heterocycles. The van der Waals surface area contributed by atoms with Crippen LogP contribution in [-0.2, 0) is 6.42 Å². The molecule has 0 saturated carbocycles. The van der Waals surface area contributed by atoms with Gasteiger partial charge < -0.3 is 5.73 Å². The third kappa shape index (κ3) is 3.75. The fourth-order valence-electron chi connectivity index (χ4n) is 2.33. The van der Waals surface area contributed by atoms with Crippen LogP contribution in [0.25, 0.3) is 0 Å². The molecule has 3 N–H and O–H groups in total. The second kappa shape index (κ2) is 7.18. The molecule has 0 aliphatic rings. The van der Waals surface area contributed by atoms with Gasteiger partial charge in [-0.05, 0) is 36.6 Å². The Balaban J connectivity index is 2.51. The third-order valence-electron chi connectivity index (χ3n) is 3.42. The van der Waals surface area contributed by atoms with Gasteiger partial charge in [-0.1, -0.05) is 30.7 Å². The number of halogens is 1. The Labute approximate surface area is 144 Å². The number of nitrogens with one attached hydrogen (secondary N) is 1.